The van der Waals surface area contributed by atoms with Crippen LogP contribution in [0, 0.1) is 5.41 Å². The number of nitrogens with zero attached hydrogens (tertiary/aromatic N) is 1. The van der Waals surface area contributed by atoms with Gasteiger partial charge < -0.3 is 20.1 Å². The maximum atomic E-state index is 12.0. The Morgan fingerprint density at radius 2 is 1.95 bits per heavy atom. The predicted molar refractivity (Wildman–Crippen MR) is 70.6 cm³/mol. The van der Waals surface area contributed by atoms with Crippen molar-refractivity contribution < 1.29 is 24.2 Å². The molecule has 1 heterocycles. The van der Waals surface area contributed by atoms with Crippen molar-refractivity contribution in [1.82, 2.24) is 10.2 Å². The van der Waals surface area contributed by atoms with Crippen LogP contribution in [0.3, 0.4) is 0 Å². The van der Waals surface area contributed by atoms with Gasteiger partial charge in [0.25, 0.3) is 0 Å². The third-order valence-electron chi connectivity index (χ3n) is 3.15. The number of hydrogen-bond acceptors (Lipinski definition) is 5. The molecule has 1 rings (SSSR count). The monoisotopic (exact) mass is 286 g/mol. The molecule has 114 valence electrons. The van der Waals surface area contributed by atoms with Crippen LogP contribution < -0.4 is 5.32 Å². The summed E-state index contributed by atoms with van der Waals surface area (Å²) in [5.74, 6) is -1.22. The van der Waals surface area contributed by atoms with Gasteiger partial charge >= 0.3 is 5.97 Å². The maximum absolute atomic E-state index is 12.0. The van der Waals surface area contributed by atoms with E-state index in [0.29, 0.717) is 0 Å². The molecule has 20 heavy (non-hydrogen) atoms. The van der Waals surface area contributed by atoms with E-state index < -0.39 is 29.4 Å². The fourth-order valence-electron chi connectivity index (χ4n) is 1.97. The normalized spacial score (nSPS) is 22.6. The molecule has 0 spiro atoms. The van der Waals surface area contributed by atoms with Crippen LogP contribution in [0.2, 0.25) is 0 Å². The van der Waals surface area contributed by atoms with Crippen LogP contribution in [-0.2, 0) is 19.1 Å². The van der Waals surface area contributed by atoms with E-state index in [4.69, 9.17) is 0 Å². The molecule has 1 fully saturated rings. The van der Waals surface area contributed by atoms with Gasteiger partial charge in [-0.1, -0.05) is 20.8 Å². The Bertz CT molecular complexity index is 402. The lowest BCUT2D eigenvalue weighted by atomic mass is 9.96. The van der Waals surface area contributed by atoms with Crippen LogP contribution in [0.1, 0.15) is 27.2 Å². The number of methoxy groups -OCH3 is 1. The zero-order valence-electron chi connectivity index (χ0n) is 12.3. The molecule has 0 aromatic carbocycles. The van der Waals surface area contributed by atoms with Gasteiger partial charge in [0.2, 0.25) is 11.8 Å². The van der Waals surface area contributed by atoms with Gasteiger partial charge in [-0.05, 0) is 0 Å². The van der Waals surface area contributed by atoms with Gasteiger partial charge in [0, 0.05) is 18.4 Å². The van der Waals surface area contributed by atoms with Crippen molar-refractivity contribution >= 4 is 17.8 Å². The summed E-state index contributed by atoms with van der Waals surface area (Å²) in [7, 11) is 1.23. The van der Waals surface area contributed by atoms with Crippen molar-refractivity contribution in [2.75, 3.05) is 20.2 Å². The van der Waals surface area contributed by atoms with Crippen LogP contribution in [0.15, 0.2) is 0 Å². The number of likely N-dealkylation sites (tertiary alicyclic amines) is 1. The lowest BCUT2D eigenvalue weighted by molar-refractivity contribution is -0.150. The summed E-state index contributed by atoms with van der Waals surface area (Å²) in [6, 6.07) is -0.783. The fraction of sp³-hybridized carbons (Fsp3) is 0.769. The fourth-order valence-corrected chi connectivity index (χ4v) is 1.97. The molecule has 2 N–H and O–H groups in total. The molecule has 2 amide bonds. The van der Waals surface area contributed by atoms with Gasteiger partial charge in [0.15, 0.2) is 0 Å². The highest BCUT2D eigenvalue weighted by Gasteiger charge is 2.39. The van der Waals surface area contributed by atoms with Gasteiger partial charge in [-0.25, -0.2) is 4.79 Å². The van der Waals surface area contributed by atoms with Crippen molar-refractivity contribution in [3.8, 4) is 0 Å². The zero-order chi connectivity index (χ0) is 15.5. The summed E-state index contributed by atoms with van der Waals surface area (Å²) in [6.07, 6.45) is -0.590. The largest absolute Gasteiger partial charge is 0.467 e. The lowest BCUT2D eigenvalue weighted by Gasteiger charge is -2.24. The van der Waals surface area contributed by atoms with Crippen molar-refractivity contribution in [1.29, 1.82) is 0 Å². The van der Waals surface area contributed by atoms with E-state index in [1.54, 1.807) is 20.8 Å². The molecule has 2 unspecified atom stereocenters. The second kappa shape index (κ2) is 6.21. The minimum absolute atomic E-state index is 0.0734. The predicted octanol–water partition coefficient (Wildman–Crippen LogP) is -0.716. The highest BCUT2D eigenvalue weighted by molar-refractivity contribution is 5.90. The Morgan fingerprint density at radius 3 is 2.45 bits per heavy atom. The van der Waals surface area contributed by atoms with E-state index in [0.717, 1.165) is 0 Å². The molecule has 0 radical (unpaired) electrons. The molecule has 0 saturated carbocycles. The van der Waals surface area contributed by atoms with E-state index in [2.05, 4.69) is 10.1 Å². The number of β-amino-alcohol motifs (C(OH)–C–C–N with tert-alkyl or cyclic N) is 1. The van der Waals surface area contributed by atoms with Crippen molar-refractivity contribution in [3.05, 3.63) is 0 Å². The summed E-state index contributed by atoms with van der Waals surface area (Å²) in [5, 5.41) is 12.1. The molecular weight excluding hydrogens is 264 g/mol. The third-order valence-corrected chi connectivity index (χ3v) is 3.15. The molecular formula is C13H22N2O5. The Kier molecular flexibility index (Phi) is 5.10. The van der Waals surface area contributed by atoms with E-state index in [-0.39, 0.29) is 25.4 Å². The van der Waals surface area contributed by atoms with E-state index in [1.807, 2.05) is 0 Å². The number of esters is 1. The van der Waals surface area contributed by atoms with Crippen molar-refractivity contribution in [2.24, 2.45) is 5.41 Å². The standard InChI is InChI=1S/C13H22N2O5/c1-13(2,3)12(19)14-6-10(17)15-7-8(16)5-9(15)11(18)20-4/h8-9,16H,5-7H2,1-4H3,(H,14,19). The first-order valence-electron chi connectivity index (χ1n) is 6.50. The highest BCUT2D eigenvalue weighted by Crippen LogP contribution is 2.19. The molecule has 1 aliphatic heterocycles. The van der Waals surface area contributed by atoms with Crippen LogP contribution in [0.4, 0.5) is 0 Å². The zero-order valence-corrected chi connectivity index (χ0v) is 12.3. The number of rotatable bonds is 3. The number of nitrogens with one attached hydrogen (secondary N) is 1. The average molecular weight is 286 g/mol. The first kappa shape index (κ1) is 16.4. The van der Waals surface area contributed by atoms with Gasteiger partial charge in [-0.15, -0.1) is 0 Å². The van der Waals surface area contributed by atoms with E-state index >= 15 is 0 Å². The van der Waals surface area contributed by atoms with Crippen LogP contribution >= 0.6 is 0 Å². The molecule has 0 bridgehead atoms. The first-order valence-corrected chi connectivity index (χ1v) is 6.50. The van der Waals surface area contributed by atoms with Crippen molar-refractivity contribution in [2.45, 2.75) is 39.3 Å². The number of aliphatic hydroxyl groups is 1. The second-order valence-corrected chi connectivity index (χ2v) is 5.91. The number of aliphatic hydroxyl groups excluding tert-OH is 1. The van der Waals surface area contributed by atoms with Gasteiger partial charge in [0.05, 0.1) is 19.8 Å². The lowest BCUT2D eigenvalue weighted by Crippen LogP contribution is -2.47. The molecule has 7 nitrogen and oxygen atoms in total. The number of carbonyl (C=O) groups excluding carboxylic acids is 3. The number of amides is 2. The van der Waals surface area contributed by atoms with E-state index in [9.17, 15) is 19.5 Å². The topological polar surface area (TPSA) is 95.9 Å². The van der Waals surface area contributed by atoms with Crippen molar-refractivity contribution in [3.63, 3.8) is 0 Å². The summed E-state index contributed by atoms with van der Waals surface area (Å²) < 4.78 is 4.61. The maximum Gasteiger partial charge on any atom is 0.328 e. The van der Waals surface area contributed by atoms with Crippen LogP contribution in [0.5, 0.6) is 0 Å². The minimum atomic E-state index is -0.783. The number of hydrogen-bond donors (Lipinski definition) is 2. The minimum Gasteiger partial charge on any atom is -0.467 e. The van der Waals surface area contributed by atoms with Gasteiger partial charge in [-0.2, -0.15) is 0 Å². The summed E-state index contributed by atoms with van der Waals surface area (Å²) >= 11 is 0. The molecule has 0 aromatic rings. The molecule has 1 saturated heterocycles. The molecule has 7 heteroatoms. The molecule has 0 aliphatic carbocycles. The number of carbonyl (C=O) groups is 3. The first-order chi connectivity index (χ1) is 9.16. The smallest absolute Gasteiger partial charge is 0.328 e. The number of ether oxygens (including phenoxy) is 1. The quantitative estimate of drug-likeness (QED) is 0.668. The van der Waals surface area contributed by atoms with Gasteiger partial charge in [-0.3, -0.25) is 9.59 Å². The molecule has 1 aliphatic rings. The van der Waals surface area contributed by atoms with Crippen LogP contribution in [0.25, 0.3) is 0 Å². The average Bonchev–Trinajstić information content (AvgIpc) is 2.75. The van der Waals surface area contributed by atoms with Gasteiger partial charge in [0.1, 0.15) is 6.04 Å². The third kappa shape index (κ3) is 3.93. The molecule has 2 atom stereocenters. The Balaban J connectivity index is 2.62. The summed E-state index contributed by atoms with van der Waals surface area (Å²) in [4.78, 5) is 36.5. The Hall–Kier alpha value is -1.63. The molecule has 0 aromatic heterocycles. The summed E-state index contributed by atoms with van der Waals surface area (Å²) in [6.45, 7) is 5.09. The SMILES string of the molecule is COC(=O)C1CC(O)CN1C(=O)CNC(=O)C(C)(C)C. The Morgan fingerprint density at radius 1 is 1.35 bits per heavy atom. The Labute approximate surface area is 118 Å². The summed E-state index contributed by atoms with van der Waals surface area (Å²) in [5.41, 5.74) is -0.591. The van der Waals surface area contributed by atoms with E-state index in [1.165, 1.54) is 12.0 Å². The highest BCUT2D eigenvalue weighted by atomic mass is 16.5. The second-order valence-electron chi connectivity index (χ2n) is 5.91. The van der Waals surface area contributed by atoms with Crippen LogP contribution in [-0.4, -0.2) is 60.1 Å².